The van der Waals surface area contributed by atoms with E-state index < -0.39 is 23.2 Å². The van der Waals surface area contributed by atoms with Gasteiger partial charge in [0.25, 0.3) is 0 Å². The van der Waals surface area contributed by atoms with Crippen molar-refractivity contribution in [2.45, 2.75) is 19.4 Å². The molecule has 0 radical (unpaired) electrons. The highest BCUT2D eigenvalue weighted by atomic mass is 19.1. The largest absolute Gasteiger partial charge is 0.495 e. The summed E-state index contributed by atoms with van der Waals surface area (Å²) in [6.45, 7) is 3.40. The van der Waals surface area contributed by atoms with E-state index in [0.29, 0.717) is 11.3 Å². The highest BCUT2D eigenvalue weighted by Crippen LogP contribution is 2.26. The second-order valence-electron chi connectivity index (χ2n) is 7.30. The molecule has 1 N–H and O–H groups in total. The number of imidazole rings is 1. The van der Waals surface area contributed by atoms with Gasteiger partial charge >= 0.3 is 5.97 Å². The summed E-state index contributed by atoms with van der Waals surface area (Å²) in [5, 5.41) is 2.65. The Labute approximate surface area is 185 Å². The number of methoxy groups -OCH3 is 2. The van der Waals surface area contributed by atoms with E-state index in [4.69, 9.17) is 9.47 Å². The molecule has 1 heterocycles. The molecular weight excluding hydrogens is 413 g/mol. The number of nitrogens with zero attached hydrogens (tertiary/aromatic N) is 2. The Morgan fingerprint density at radius 1 is 1.16 bits per heavy atom. The van der Waals surface area contributed by atoms with Crippen molar-refractivity contribution >= 4 is 18.0 Å². The monoisotopic (exact) mass is 437 g/mol. The molecule has 0 saturated carbocycles. The first-order valence-corrected chi connectivity index (χ1v) is 9.80. The molecule has 8 heteroatoms. The second-order valence-corrected chi connectivity index (χ2v) is 7.30. The zero-order chi connectivity index (χ0) is 23.3. The molecule has 166 valence electrons. The molecule has 1 unspecified atom stereocenters. The summed E-state index contributed by atoms with van der Waals surface area (Å²) in [6, 6.07) is 10.8. The minimum absolute atomic E-state index is 0.397. The van der Waals surface area contributed by atoms with E-state index in [1.807, 2.05) is 29.8 Å². The van der Waals surface area contributed by atoms with Gasteiger partial charge in [0.05, 0.1) is 31.9 Å². The minimum atomic E-state index is -1.48. The van der Waals surface area contributed by atoms with Crippen LogP contribution in [0.5, 0.6) is 5.75 Å². The number of hydrogen-bond donors (Lipinski definition) is 1. The van der Waals surface area contributed by atoms with Gasteiger partial charge in [-0.25, -0.2) is 14.2 Å². The summed E-state index contributed by atoms with van der Waals surface area (Å²) >= 11 is 0. The van der Waals surface area contributed by atoms with Crippen LogP contribution in [0.25, 0.3) is 11.8 Å². The van der Waals surface area contributed by atoms with Crippen LogP contribution >= 0.6 is 0 Å². The van der Waals surface area contributed by atoms with Gasteiger partial charge in [-0.3, -0.25) is 4.79 Å². The summed E-state index contributed by atoms with van der Waals surface area (Å²) in [5.41, 5.74) is 1.32. The summed E-state index contributed by atoms with van der Waals surface area (Å²) < 4.78 is 25.5. The maximum Gasteiger partial charge on any atom is 0.336 e. The molecule has 0 aliphatic heterocycles. The van der Waals surface area contributed by atoms with Crippen LogP contribution in [0.3, 0.4) is 0 Å². The predicted molar refractivity (Wildman–Crippen MR) is 118 cm³/mol. The molecule has 0 aliphatic carbocycles. The number of ether oxygens (including phenoxy) is 2. The Morgan fingerprint density at radius 2 is 1.88 bits per heavy atom. The summed E-state index contributed by atoms with van der Waals surface area (Å²) in [4.78, 5) is 29.2. The van der Waals surface area contributed by atoms with Crippen LogP contribution in [0.15, 0.2) is 61.1 Å². The standard InChI is InChI=1S/C24H24FN3O4/c1-16-14-28(15-26-16)20-11-5-17(13-21(20)31-3)6-12-22(29)27-24(2,23(30)32-4)18-7-9-19(25)10-8-18/h5-15H,1-4H3,(H,27,29)/b12-6+. The molecule has 0 bridgehead atoms. The molecular formula is C24H24FN3O4. The third-order valence-electron chi connectivity index (χ3n) is 5.01. The summed E-state index contributed by atoms with van der Waals surface area (Å²) in [7, 11) is 2.79. The van der Waals surface area contributed by atoms with Crippen LogP contribution in [0, 0.1) is 12.7 Å². The first-order valence-electron chi connectivity index (χ1n) is 9.80. The molecule has 2 aromatic carbocycles. The van der Waals surface area contributed by atoms with Crippen molar-refractivity contribution in [2.75, 3.05) is 14.2 Å². The number of nitrogens with one attached hydrogen (secondary N) is 1. The molecule has 3 rings (SSSR count). The number of rotatable bonds is 7. The van der Waals surface area contributed by atoms with Crippen molar-refractivity contribution in [1.82, 2.24) is 14.9 Å². The lowest BCUT2D eigenvalue weighted by atomic mass is 9.91. The maximum absolute atomic E-state index is 13.3. The van der Waals surface area contributed by atoms with Crippen molar-refractivity contribution in [1.29, 1.82) is 0 Å². The number of carbonyl (C=O) groups is 2. The minimum Gasteiger partial charge on any atom is -0.495 e. The van der Waals surface area contributed by atoms with Gasteiger partial charge in [-0.2, -0.15) is 0 Å². The van der Waals surface area contributed by atoms with Crippen molar-refractivity contribution in [3.63, 3.8) is 0 Å². The first-order chi connectivity index (χ1) is 15.3. The molecule has 32 heavy (non-hydrogen) atoms. The summed E-state index contributed by atoms with van der Waals surface area (Å²) in [6.07, 6.45) is 6.48. The number of esters is 1. The SMILES string of the molecule is COC(=O)C(C)(NC(=O)/C=C/c1ccc(-n2cnc(C)c2)c(OC)c1)c1ccc(F)cc1. The van der Waals surface area contributed by atoms with Crippen molar-refractivity contribution < 1.29 is 23.5 Å². The molecule has 0 aliphatic rings. The van der Waals surface area contributed by atoms with E-state index in [9.17, 15) is 14.0 Å². The molecule has 0 saturated heterocycles. The lowest BCUT2D eigenvalue weighted by Crippen LogP contribution is -2.49. The fraction of sp³-hybridized carbons (Fsp3) is 0.208. The molecule has 3 aromatic rings. The third kappa shape index (κ3) is 4.85. The Kier molecular flexibility index (Phi) is 6.73. The molecule has 7 nitrogen and oxygen atoms in total. The molecule has 0 spiro atoms. The fourth-order valence-corrected chi connectivity index (χ4v) is 3.25. The van der Waals surface area contributed by atoms with Crippen LogP contribution in [-0.4, -0.2) is 35.6 Å². The smallest absolute Gasteiger partial charge is 0.336 e. The van der Waals surface area contributed by atoms with E-state index in [2.05, 4.69) is 10.3 Å². The molecule has 1 amide bonds. The number of amides is 1. The zero-order valence-corrected chi connectivity index (χ0v) is 18.3. The number of carbonyl (C=O) groups excluding carboxylic acids is 2. The van der Waals surface area contributed by atoms with Gasteiger partial charge < -0.3 is 19.4 Å². The van der Waals surface area contributed by atoms with E-state index in [-0.39, 0.29) is 0 Å². The van der Waals surface area contributed by atoms with Gasteiger partial charge in [0.2, 0.25) is 5.91 Å². The quantitative estimate of drug-likeness (QED) is 0.452. The highest BCUT2D eigenvalue weighted by molar-refractivity contribution is 5.96. The summed E-state index contributed by atoms with van der Waals surface area (Å²) in [5.74, 6) is -1.03. The van der Waals surface area contributed by atoms with E-state index >= 15 is 0 Å². The van der Waals surface area contributed by atoms with Crippen molar-refractivity contribution in [2.24, 2.45) is 0 Å². The van der Waals surface area contributed by atoms with Crippen LogP contribution < -0.4 is 10.1 Å². The lowest BCUT2D eigenvalue weighted by molar-refractivity contribution is -0.150. The lowest BCUT2D eigenvalue weighted by Gasteiger charge is -2.28. The highest BCUT2D eigenvalue weighted by Gasteiger charge is 2.37. The Hall–Kier alpha value is -3.94. The number of hydrogen-bond acceptors (Lipinski definition) is 5. The number of aromatic nitrogens is 2. The van der Waals surface area contributed by atoms with Crippen LogP contribution in [-0.2, 0) is 19.9 Å². The van der Waals surface area contributed by atoms with E-state index in [1.165, 1.54) is 44.4 Å². The third-order valence-corrected chi connectivity index (χ3v) is 5.01. The van der Waals surface area contributed by atoms with Gasteiger partial charge in [-0.15, -0.1) is 0 Å². The number of halogens is 1. The van der Waals surface area contributed by atoms with Crippen molar-refractivity contribution in [3.05, 3.63) is 83.7 Å². The van der Waals surface area contributed by atoms with E-state index in [0.717, 1.165) is 16.9 Å². The Balaban J connectivity index is 1.81. The topological polar surface area (TPSA) is 82.5 Å². The molecule has 1 aromatic heterocycles. The normalized spacial score (nSPS) is 12.9. The predicted octanol–water partition coefficient (Wildman–Crippen LogP) is 3.55. The molecule has 1 atom stereocenters. The van der Waals surface area contributed by atoms with Crippen molar-refractivity contribution in [3.8, 4) is 11.4 Å². The van der Waals surface area contributed by atoms with Crippen LogP contribution in [0.2, 0.25) is 0 Å². The van der Waals surface area contributed by atoms with Gasteiger partial charge in [0.15, 0.2) is 5.54 Å². The van der Waals surface area contributed by atoms with Crippen LogP contribution in [0.1, 0.15) is 23.7 Å². The molecule has 0 fully saturated rings. The fourth-order valence-electron chi connectivity index (χ4n) is 3.25. The first kappa shape index (κ1) is 22.7. The van der Waals surface area contributed by atoms with Gasteiger partial charge in [0, 0.05) is 12.3 Å². The second kappa shape index (κ2) is 9.47. The number of aryl methyl sites for hydroxylation is 1. The average molecular weight is 437 g/mol. The van der Waals surface area contributed by atoms with Gasteiger partial charge in [-0.1, -0.05) is 18.2 Å². The maximum atomic E-state index is 13.3. The average Bonchev–Trinajstić information content (AvgIpc) is 3.23. The van der Waals surface area contributed by atoms with Gasteiger partial charge in [0.1, 0.15) is 11.6 Å². The Morgan fingerprint density at radius 3 is 2.47 bits per heavy atom. The zero-order valence-electron chi connectivity index (χ0n) is 18.3. The van der Waals surface area contributed by atoms with Gasteiger partial charge in [-0.05, 0) is 55.3 Å². The number of benzene rings is 2. The van der Waals surface area contributed by atoms with E-state index in [1.54, 1.807) is 25.6 Å². The Bertz CT molecular complexity index is 1150. The van der Waals surface area contributed by atoms with Crippen LogP contribution in [0.4, 0.5) is 4.39 Å².